The van der Waals surface area contributed by atoms with Gasteiger partial charge in [0, 0.05) is 49.7 Å². The van der Waals surface area contributed by atoms with Crippen LogP contribution in [0.3, 0.4) is 0 Å². The standard InChI is InChI=1S/C55H33F3N6/c1-34-26-40(28-42(27-34)55(56,57)58)37-24-25-50-46(29-37)45-22-12-13-23-49(45)64(50)51-47(43-20-10-8-18-38(43)32-59)30-41(31-48(51)44-21-11-9-19-39(44)33-60)54-62-52(35-14-4-2-5-15-35)61-53(63-54)36-16-6-3-7-17-36/h2-31H,1H3. The number of fused-ring (bicyclic) bond motifs is 3. The van der Waals surface area contributed by atoms with E-state index in [0.29, 0.717) is 78.8 Å². The van der Waals surface area contributed by atoms with Crippen LogP contribution in [0.15, 0.2) is 182 Å². The number of aromatic nitrogens is 4. The van der Waals surface area contributed by atoms with Crippen molar-refractivity contribution < 1.29 is 13.2 Å². The number of benzene rings is 8. The molecule has 9 heteroatoms. The van der Waals surface area contributed by atoms with E-state index < -0.39 is 11.7 Å². The first-order valence-corrected chi connectivity index (χ1v) is 20.5. The Morgan fingerprint density at radius 1 is 0.438 bits per heavy atom. The van der Waals surface area contributed by atoms with Crippen LogP contribution in [0.25, 0.3) is 95.0 Å². The number of rotatable bonds is 7. The van der Waals surface area contributed by atoms with Gasteiger partial charge < -0.3 is 4.57 Å². The zero-order valence-electron chi connectivity index (χ0n) is 34.1. The molecule has 0 fully saturated rings. The minimum Gasteiger partial charge on any atom is -0.308 e. The smallest absolute Gasteiger partial charge is 0.308 e. The van der Waals surface area contributed by atoms with Gasteiger partial charge in [0.05, 0.1) is 45.5 Å². The lowest BCUT2D eigenvalue weighted by molar-refractivity contribution is -0.137. The van der Waals surface area contributed by atoms with Gasteiger partial charge in [-0.3, -0.25) is 0 Å². The first kappa shape index (κ1) is 39.5. The van der Waals surface area contributed by atoms with E-state index in [4.69, 9.17) is 15.0 Å². The second-order valence-corrected chi connectivity index (χ2v) is 15.4. The predicted octanol–water partition coefficient (Wildman–Crippen LogP) is 14.0. The molecule has 2 aromatic heterocycles. The molecule has 6 nitrogen and oxygen atoms in total. The normalized spacial score (nSPS) is 11.4. The van der Waals surface area contributed by atoms with E-state index in [1.54, 1.807) is 25.1 Å². The molecule has 2 heterocycles. The molecule has 0 atom stereocenters. The Balaban J connectivity index is 1.33. The number of halogens is 3. The summed E-state index contributed by atoms with van der Waals surface area (Å²) in [5.41, 5.74) is 8.81. The maximum Gasteiger partial charge on any atom is 0.416 e. The van der Waals surface area contributed by atoms with Crippen LogP contribution in [-0.2, 0) is 6.18 Å². The zero-order valence-corrected chi connectivity index (χ0v) is 34.1. The molecule has 0 aliphatic rings. The fourth-order valence-electron chi connectivity index (χ4n) is 8.49. The molecule has 0 spiro atoms. The number of hydrogen-bond acceptors (Lipinski definition) is 5. The van der Waals surface area contributed by atoms with Crippen LogP contribution in [0.1, 0.15) is 22.3 Å². The minimum atomic E-state index is -4.51. The number of alkyl halides is 3. The van der Waals surface area contributed by atoms with E-state index in [2.05, 4.69) is 16.7 Å². The van der Waals surface area contributed by atoms with E-state index in [1.807, 2.05) is 152 Å². The molecule has 0 amide bonds. The van der Waals surface area contributed by atoms with E-state index in [-0.39, 0.29) is 0 Å². The highest BCUT2D eigenvalue weighted by Gasteiger charge is 2.31. The average molecular weight is 835 g/mol. The lowest BCUT2D eigenvalue weighted by atomic mass is 9.89. The Kier molecular flexibility index (Phi) is 9.86. The summed E-state index contributed by atoms with van der Waals surface area (Å²) >= 11 is 0. The van der Waals surface area contributed by atoms with Crippen LogP contribution in [0.4, 0.5) is 13.2 Å². The lowest BCUT2D eigenvalue weighted by Crippen LogP contribution is -2.05. The Bertz CT molecular complexity index is 3390. The molecule has 0 aliphatic heterocycles. The summed E-state index contributed by atoms with van der Waals surface area (Å²) in [6.07, 6.45) is -4.51. The van der Waals surface area contributed by atoms with Gasteiger partial charge in [0.2, 0.25) is 0 Å². The van der Waals surface area contributed by atoms with Gasteiger partial charge in [-0.05, 0) is 78.2 Å². The van der Waals surface area contributed by atoms with Gasteiger partial charge in [-0.15, -0.1) is 0 Å². The first-order valence-electron chi connectivity index (χ1n) is 20.5. The van der Waals surface area contributed by atoms with E-state index in [1.165, 1.54) is 6.07 Å². The number of hydrogen-bond donors (Lipinski definition) is 0. The third-order valence-electron chi connectivity index (χ3n) is 11.4. The van der Waals surface area contributed by atoms with Crippen LogP contribution in [-0.4, -0.2) is 19.5 Å². The third kappa shape index (κ3) is 7.11. The van der Waals surface area contributed by atoms with E-state index >= 15 is 0 Å². The lowest BCUT2D eigenvalue weighted by Gasteiger charge is -2.22. The van der Waals surface area contributed by atoms with Crippen molar-refractivity contribution >= 4 is 21.8 Å². The Morgan fingerprint density at radius 3 is 1.50 bits per heavy atom. The highest BCUT2D eigenvalue weighted by molar-refractivity contribution is 6.12. The number of aryl methyl sites for hydroxylation is 1. The fourth-order valence-corrected chi connectivity index (χ4v) is 8.49. The Labute approximate surface area is 366 Å². The highest BCUT2D eigenvalue weighted by atomic mass is 19.4. The Hall–Kier alpha value is -8.66. The molecule has 304 valence electrons. The topological polar surface area (TPSA) is 91.2 Å². The molecule has 10 rings (SSSR count). The first-order chi connectivity index (χ1) is 31.2. The van der Waals surface area contributed by atoms with Crippen molar-refractivity contribution in [3.8, 4) is 85.4 Å². The zero-order chi connectivity index (χ0) is 44.0. The Morgan fingerprint density at radius 2 is 0.938 bits per heavy atom. The van der Waals surface area contributed by atoms with Crippen molar-refractivity contribution in [3.05, 3.63) is 204 Å². The summed E-state index contributed by atoms with van der Waals surface area (Å²) in [4.78, 5) is 15.1. The van der Waals surface area contributed by atoms with Crippen LogP contribution in [0.5, 0.6) is 0 Å². The quantitative estimate of drug-likeness (QED) is 0.159. The largest absolute Gasteiger partial charge is 0.416 e. The van der Waals surface area contributed by atoms with Gasteiger partial charge in [-0.2, -0.15) is 23.7 Å². The average Bonchev–Trinajstić information content (AvgIpc) is 3.66. The maximum absolute atomic E-state index is 14.1. The van der Waals surface area contributed by atoms with Gasteiger partial charge in [0.15, 0.2) is 17.5 Å². The van der Waals surface area contributed by atoms with E-state index in [9.17, 15) is 23.7 Å². The van der Waals surface area contributed by atoms with E-state index in [0.717, 1.165) is 39.0 Å². The summed E-state index contributed by atoms with van der Waals surface area (Å²) < 4.78 is 44.3. The minimum absolute atomic E-state index is 0.383. The molecular formula is C55H33F3N6. The fraction of sp³-hybridized carbons (Fsp3) is 0.0364. The number of para-hydroxylation sites is 1. The molecule has 0 N–H and O–H groups in total. The van der Waals surface area contributed by atoms with Crippen molar-refractivity contribution in [2.45, 2.75) is 13.1 Å². The number of nitrogens with zero attached hydrogens (tertiary/aromatic N) is 6. The molecule has 10 aromatic rings. The summed E-state index contributed by atoms with van der Waals surface area (Å²) in [6, 6.07) is 60.6. The monoisotopic (exact) mass is 834 g/mol. The SMILES string of the molecule is Cc1cc(-c2ccc3c(c2)c2ccccc2n3-c2c(-c3ccccc3C#N)cc(-c3nc(-c4ccccc4)nc(-c4ccccc4)n3)cc2-c2ccccc2C#N)cc(C(F)(F)F)c1. The molecule has 0 saturated carbocycles. The number of nitriles is 2. The predicted molar refractivity (Wildman–Crippen MR) is 246 cm³/mol. The van der Waals surface area contributed by atoms with Crippen molar-refractivity contribution in [2.24, 2.45) is 0 Å². The summed E-state index contributed by atoms with van der Waals surface area (Å²) in [5, 5.41) is 23.0. The second-order valence-electron chi connectivity index (χ2n) is 15.4. The van der Waals surface area contributed by atoms with Crippen molar-refractivity contribution in [2.75, 3.05) is 0 Å². The van der Waals surface area contributed by atoms with Crippen LogP contribution >= 0.6 is 0 Å². The molecule has 0 aliphatic carbocycles. The van der Waals surface area contributed by atoms with Gasteiger partial charge in [0.25, 0.3) is 0 Å². The summed E-state index contributed by atoms with van der Waals surface area (Å²) in [7, 11) is 0. The van der Waals surface area contributed by atoms with Gasteiger partial charge in [0.1, 0.15) is 0 Å². The summed E-state index contributed by atoms with van der Waals surface area (Å²) in [6.45, 7) is 1.66. The van der Waals surface area contributed by atoms with Crippen LogP contribution in [0, 0.1) is 29.6 Å². The third-order valence-corrected chi connectivity index (χ3v) is 11.4. The molecule has 0 saturated heterocycles. The highest BCUT2D eigenvalue weighted by Crippen LogP contribution is 2.46. The van der Waals surface area contributed by atoms with Crippen molar-refractivity contribution in [1.82, 2.24) is 19.5 Å². The molecule has 64 heavy (non-hydrogen) atoms. The van der Waals surface area contributed by atoms with Gasteiger partial charge in [-0.1, -0.05) is 127 Å². The molecule has 0 unspecified atom stereocenters. The summed E-state index contributed by atoms with van der Waals surface area (Å²) in [5.74, 6) is 1.33. The maximum atomic E-state index is 14.1. The molecule has 0 bridgehead atoms. The second kappa shape index (κ2) is 16.0. The molecular weight excluding hydrogens is 802 g/mol. The van der Waals surface area contributed by atoms with Gasteiger partial charge in [-0.25, -0.2) is 15.0 Å². The van der Waals surface area contributed by atoms with Crippen LogP contribution < -0.4 is 0 Å². The van der Waals surface area contributed by atoms with Crippen molar-refractivity contribution in [1.29, 1.82) is 10.5 Å². The molecule has 0 radical (unpaired) electrons. The van der Waals surface area contributed by atoms with Gasteiger partial charge >= 0.3 is 6.18 Å². The molecule has 8 aromatic carbocycles. The van der Waals surface area contributed by atoms with Crippen molar-refractivity contribution in [3.63, 3.8) is 0 Å². The van der Waals surface area contributed by atoms with Crippen LogP contribution in [0.2, 0.25) is 0 Å².